The van der Waals surface area contributed by atoms with Gasteiger partial charge in [-0.3, -0.25) is 19.5 Å². The van der Waals surface area contributed by atoms with Crippen molar-refractivity contribution in [3.8, 4) is 5.75 Å². The van der Waals surface area contributed by atoms with E-state index < -0.39 is 15.8 Å². The van der Waals surface area contributed by atoms with Crippen molar-refractivity contribution in [1.82, 2.24) is 9.55 Å². The van der Waals surface area contributed by atoms with E-state index in [1.165, 1.54) is 23.8 Å². The van der Waals surface area contributed by atoms with Gasteiger partial charge in [0.05, 0.1) is 30.9 Å². The van der Waals surface area contributed by atoms with Crippen LogP contribution in [0, 0.1) is 27.2 Å². The van der Waals surface area contributed by atoms with Crippen LogP contribution in [-0.2, 0) is 16.1 Å². The number of ether oxygens (including phenoxy) is 2. The van der Waals surface area contributed by atoms with Crippen molar-refractivity contribution >= 4 is 29.2 Å². The number of methoxy groups -OCH3 is 1. The Hall–Kier alpha value is -3.15. The lowest BCUT2D eigenvalue weighted by Crippen LogP contribution is -2.09. The first kappa shape index (κ1) is 21.2. The molecule has 2 rings (SSSR count). The van der Waals surface area contributed by atoms with E-state index in [9.17, 15) is 25.0 Å². The van der Waals surface area contributed by atoms with Crippen LogP contribution in [0.3, 0.4) is 0 Å². The minimum absolute atomic E-state index is 0.0999. The summed E-state index contributed by atoms with van der Waals surface area (Å²) >= 11 is 0.934. The molecule has 0 fully saturated rings. The van der Waals surface area contributed by atoms with Crippen LogP contribution in [0.5, 0.6) is 5.75 Å². The van der Waals surface area contributed by atoms with E-state index in [1.54, 1.807) is 19.9 Å². The average Bonchev–Trinajstić information content (AvgIpc) is 2.96. The lowest BCUT2D eigenvalue weighted by molar-refractivity contribution is -0.392. The summed E-state index contributed by atoms with van der Waals surface area (Å²) in [4.78, 5) is 36.9. The molecule has 0 saturated heterocycles. The van der Waals surface area contributed by atoms with Gasteiger partial charge in [0, 0.05) is 13.0 Å². The maximum atomic E-state index is 11.6. The molecule has 0 amide bonds. The van der Waals surface area contributed by atoms with Crippen molar-refractivity contribution in [3.63, 3.8) is 0 Å². The Bertz CT molecular complexity index is 913. The molecule has 12 heteroatoms. The molecule has 0 aliphatic rings. The second-order valence-corrected chi connectivity index (χ2v) is 6.45. The minimum Gasteiger partial charge on any atom is -0.490 e. The van der Waals surface area contributed by atoms with Crippen LogP contribution in [0.4, 0.5) is 11.5 Å². The largest absolute Gasteiger partial charge is 0.490 e. The summed E-state index contributed by atoms with van der Waals surface area (Å²) in [5, 5.41) is 22.7. The van der Waals surface area contributed by atoms with Crippen LogP contribution in [0.1, 0.15) is 18.3 Å². The predicted molar refractivity (Wildman–Crippen MR) is 99.7 cm³/mol. The lowest BCUT2D eigenvalue weighted by Gasteiger charge is -2.09. The minimum atomic E-state index is -0.631. The molecule has 0 N–H and O–H groups in total. The molecule has 0 aliphatic carbocycles. The first-order valence-corrected chi connectivity index (χ1v) is 9.08. The van der Waals surface area contributed by atoms with Crippen LogP contribution in [0.25, 0.3) is 0 Å². The summed E-state index contributed by atoms with van der Waals surface area (Å²) in [5.74, 6) is -0.555. The van der Waals surface area contributed by atoms with Crippen LogP contribution >= 0.6 is 11.8 Å². The predicted octanol–water partition coefficient (Wildman–Crippen LogP) is 2.72. The maximum absolute atomic E-state index is 11.6. The van der Waals surface area contributed by atoms with E-state index >= 15 is 0 Å². The molecule has 0 spiro atoms. The highest BCUT2D eigenvalue weighted by atomic mass is 32.2. The zero-order valence-electron chi connectivity index (χ0n) is 15.4. The van der Waals surface area contributed by atoms with Crippen molar-refractivity contribution < 1.29 is 24.1 Å². The van der Waals surface area contributed by atoms with Crippen LogP contribution in [0.2, 0.25) is 0 Å². The Morgan fingerprint density at radius 3 is 2.57 bits per heavy atom. The Balaban J connectivity index is 2.39. The van der Waals surface area contributed by atoms with Gasteiger partial charge in [0.2, 0.25) is 5.82 Å². The molecule has 1 heterocycles. The highest BCUT2D eigenvalue weighted by Crippen LogP contribution is 2.32. The Labute approximate surface area is 163 Å². The fraction of sp³-hybridized carbons (Fsp3) is 0.375. The number of nitrogens with zero attached hydrogens (tertiary/aromatic N) is 4. The summed E-state index contributed by atoms with van der Waals surface area (Å²) in [6.07, 6.45) is 0. The van der Waals surface area contributed by atoms with Gasteiger partial charge in [-0.2, -0.15) is 0 Å². The van der Waals surface area contributed by atoms with Crippen molar-refractivity contribution in [1.29, 1.82) is 0 Å². The Morgan fingerprint density at radius 2 is 2.00 bits per heavy atom. The number of carbonyl (C=O) groups excluding carboxylic acids is 1. The summed E-state index contributed by atoms with van der Waals surface area (Å²) in [6.45, 7) is 3.55. The molecule has 1 aromatic heterocycles. The monoisotopic (exact) mass is 410 g/mol. The van der Waals surface area contributed by atoms with E-state index in [0.29, 0.717) is 11.4 Å². The van der Waals surface area contributed by atoms with Gasteiger partial charge in [-0.1, -0.05) is 17.8 Å². The quantitative estimate of drug-likeness (QED) is 0.264. The standard InChI is InChI=1S/C16H18N4O7S/c1-4-27-14(21)9-28-16-15(20(24)25)17-10(2)18(16)8-11-5-6-13(26-3)12(7-11)19(22)23/h5-7H,4,8-9H2,1-3H3. The summed E-state index contributed by atoms with van der Waals surface area (Å²) < 4.78 is 11.4. The third kappa shape index (κ3) is 4.76. The Kier molecular flexibility index (Phi) is 6.93. The molecule has 0 radical (unpaired) electrons. The van der Waals surface area contributed by atoms with Crippen molar-refractivity contribution in [2.75, 3.05) is 19.5 Å². The van der Waals surface area contributed by atoms with Gasteiger partial charge < -0.3 is 19.6 Å². The van der Waals surface area contributed by atoms with E-state index in [0.717, 1.165) is 11.8 Å². The molecule has 0 atom stereocenters. The molecule has 0 bridgehead atoms. The van der Waals surface area contributed by atoms with E-state index in [4.69, 9.17) is 9.47 Å². The molecule has 150 valence electrons. The van der Waals surface area contributed by atoms with E-state index in [2.05, 4.69) is 4.98 Å². The summed E-state index contributed by atoms with van der Waals surface area (Å²) in [7, 11) is 1.33. The molecular weight excluding hydrogens is 392 g/mol. The number of aryl methyl sites for hydroxylation is 1. The highest BCUT2D eigenvalue weighted by molar-refractivity contribution is 8.00. The third-order valence-corrected chi connectivity index (χ3v) is 4.74. The van der Waals surface area contributed by atoms with Gasteiger partial charge in [0.25, 0.3) is 0 Å². The zero-order valence-corrected chi connectivity index (χ0v) is 16.2. The number of imidazole rings is 1. The molecule has 11 nitrogen and oxygen atoms in total. The zero-order chi connectivity index (χ0) is 20.8. The summed E-state index contributed by atoms with van der Waals surface area (Å²) in [5.41, 5.74) is 0.314. The molecule has 2 aromatic rings. The number of nitro benzene ring substituents is 1. The normalized spacial score (nSPS) is 10.5. The number of nitro groups is 2. The summed E-state index contributed by atoms with van der Waals surface area (Å²) in [6, 6.07) is 4.42. The van der Waals surface area contributed by atoms with Crippen LogP contribution in [0.15, 0.2) is 23.2 Å². The van der Waals surface area contributed by atoms with E-state index in [1.807, 2.05) is 0 Å². The van der Waals surface area contributed by atoms with Crippen molar-refractivity contribution in [2.45, 2.75) is 25.4 Å². The fourth-order valence-electron chi connectivity index (χ4n) is 2.47. The SMILES string of the molecule is CCOC(=O)CSc1c([N+](=O)[O-])nc(C)n1Cc1ccc(OC)c([N+](=O)[O-])c1. The second kappa shape index (κ2) is 9.17. The topological polar surface area (TPSA) is 140 Å². The van der Waals surface area contributed by atoms with Gasteiger partial charge in [-0.05, 0) is 28.5 Å². The van der Waals surface area contributed by atoms with Crippen molar-refractivity contribution in [3.05, 3.63) is 49.8 Å². The van der Waals surface area contributed by atoms with Crippen LogP contribution in [-0.4, -0.2) is 44.8 Å². The molecule has 0 aliphatic heterocycles. The second-order valence-electron chi connectivity index (χ2n) is 5.49. The third-order valence-electron chi connectivity index (χ3n) is 3.68. The van der Waals surface area contributed by atoms with Gasteiger partial charge in [0.1, 0.15) is 0 Å². The first-order chi connectivity index (χ1) is 13.3. The number of thioether (sulfide) groups is 1. The number of hydrogen-bond acceptors (Lipinski definition) is 9. The number of aromatic nitrogens is 2. The van der Waals surface area contributed by atoms with Gasteiger partial charge in [0.15, 0.2) is 10.8 Å². The molecule has 28 heavy (non-hydrogen) atoms. The lowest BCUT2D eigenvalue weighted by atomic mass is 10.2. The van der Waals surface area contributed by atoms with Gasteiger partial charge >= 0.3 is 17.5 Å². The highest BCUT2D eigenvalue weighted by Gasteiger charge is 2.27. The van der Waals surface area contributed by atoms with Crippen molar-refractivity contribution in [2.24, 2.45) is 0 Å². The fourth-order valence-corrected chi connectivity index (χ4v) is 3.41. The average molecular weight is 410 g/mol. The Morgan fingerprint density at radius 1 is 1.29 bits per heavy atom. The number of rotatable bonds is 9. The first-order valence-electron chi connectivity index (χ1n) is 8.09. The number of benzene rings is 1. The molecule has 1 aromatic carbocycles. The number of esters is 1. The van der Waals surface area contributed by atoms with E-state index in [-0.39, 0.29) is 41.2 Å². The van der Waals surface area contributed by atoms with Gasteiger partial charge in [-0.15, -0.1) is 0 Å². The number of hydrogen-bond donors (Lipinski definition) is 0. The number of carbonyl (C=O) groups is 1. The van der Waals surface area contributed by atoms with Crippen LogP contribution < -0.4 is 4.74 Å². The van der Waals surface area contributed by atoms with Gasteiger partial charge in [-0.25, -0.2) is 0 Å². The molecular formula is C16H18N4O7S. The smallest absolute Gasteiger partial charge is 0.396 e. The molecule has 0 unspecified atom stereocenters. The maximum Gasteiger partial charge on any atom is 0.396 e. The molecule has 0 saturated carbocycles.